The molecule has 0 atom stereocenters. The van der Waals surface area contributed by atoms with Crippen molar-refractivity contribution in [3.05, 3.63) is 30.1 Å². The SMILES string of the molecule is CC(C)(C)C(=O)NCCCC(=O)NCCCc1nc2ccccc2[nH]1. The molecule has 0 aliphatic carbocycles. The molecule has 2 amide bonds. The van der Waals surface area contributed by atoms with Crippen molar-refractivity contribution in [1.82, 2.24) is 20.6 Å². The highest BCUT2D eigenvalue weighted by Crippen LogP contribution is 2.12. The van der Waals surface area contributed by atoms with Crippen LogP contribution in [0.2, 0.25) is 0 Å². The summed E-state index contributed by atoms with van der Waals surface area (Å²) in [5.74, 6) is 0.980. The minimum absolute atomic E-state index is 0.0127. The number of H-pyrrole nitrogens is 1. The summed E-state index contributed by atoms with van der Waals surface area (Å²) in [6.07, 6.45) is 2.72. The second-order valence-electron chi connectivity index (χ2n) is 7.26. The van der Waals surface area contributed by atoms with Gasteiger partial charge in [-0.15, -0.1) is 0 Å². The number of hydrogen-bond acceptors (Lipinski definition) is 3. The fourth-order valence-electron chi connectivity index (χ4n) is 2.41. The van der Waals surface area contributed by atoms with Crippen molar-refractivity contribution < 1.29 is 9.59 Å². The zero-order chi connectivity index (χ0) is 18.3. The van der Waals surface area contributed by atoms with Crippen LogP contribution in [0.5, 0.6) is 0 Å². The lowest BCUT2D eigenvalue weighted by Crippen LogP contribution is -2.35. The van der Waals surface area contributed by atoms with Crippen molar-refractivity contribution >= 4 is 22.8 Å². The first-order valence-corrected chi connectivity index (χ1v) is 8.85. The van der Waals surface area contributed by atoms with Crippen LogP contribution < -0.4 is 10.6 Å². The van der Waals surface area contributed by atoms with Crippen LogP contribution in [-0.2, 0) is 16.0 Å². The molecule has 0 unspecified atom stereocenters. The van der Waals surface area contributed by atoms with Gasteiger partial charge >= 0.3 is 0 Å². The summed E-state index contributed by atoms with van der Waals surface area (Å²) in [5.41, 5.74) is 1.62. The van der Waals surface area contributed by atoms with E-state index in [1.54, 1.807) is 0 Å². The highest BCUT2D eigenvalue weighted by atomic mass is 16.2. The topological polar surface area (TPSA) is 86.9 Å². The number of aromatic amines is 1. The van der Waals surface area contributed by atoms with Gasteiger partial charge in [0.05, 0.1) is 11.0 Å². The number of carbonyl (C=O) groups excluding carboxylic acids is 2. The Morgan fingerprint density at radius 2 is 1.80 bits per heavy atom. The molecule has 1 aromatic heterocycles. The number of para-hydroxylation sites is 2. The zero-order valence-corrected chi connectivity index (χ0v) is 15.3. The first kappa shape index (κ1) is 19.0. The largest absolute Gasteiger partial charge is 0.356 e. The molecule has 2 rings (SSSR count). The van der Waals surface area contributed by atoms with E-state index in [1.807, 2.05) is 45.0 Å². The van der Waals surface area contributed by atoms with Crippen LogP contribution in [0.4, 0.5) is 0 Å². The van der Waals surface area contributed by atoms with Crippen LogP contribution in [0.3, 0.4) is 0 Å². The van der Waals surface area contributed by atoms with Crippen LogP contribution in [0, 0.1) is 5.41 Å². The summed E-state index contributed by atoms with van der Waals surface area (Å²) in [4.78, 5) is 31.3. The maximum absolute atomic E-state index is 11.8. The third-order valence-corrected chi connectivity index (χ3v) is 3.90. The third kappa shape index (κ3) is 6.21. The van der Waals surface area contributed by atoms with E-state index in [0.29, 0.717) is 25.9 Å². The van der Waals surface area contributed by atoms with Gasteiger partial charge in [-0.2, -0.15) is 0 Å². The van der Waals surface area contributed by atoms with Crippen LogP contribution in [-0.4, -0.2) is 34.9 Å². The Hall–Kier alpha value is -2.37. The van der Waals surface area contributed by atoms with Gasteiger partial charge in [0.15, 0.2) is 0 Å². The average molecular weight is 344 g/mol. The zero-order valence-electron chi connectivity index (χ0n) is 15.3. The van der Waals surface area contributed by atoms with E-state index in [9.17, 15) is 9.59 Å². The molecule has 0 aliphatic rings. The minimum Gasteiger partial charge on any atom is -0.356 e. The van der Waals surface area contributed by atoms with Crippen molar-refractivity contribution in [1.29, 1.82) is 0 Å². The Kier molecular flexibility index (Phi) is 6.56. The van der Waals surface area contributed by atoms with Gasteiger partial charge in [-0.3, -0.25) is 9.59 Å². The van der Waals surface area contributed by atoms with E-state index < -0.39 is 0 Å². The van der Waals surface area contributed by atoms with Crippen molar-refractivity contribution in [3.8, 4) is 0 Å². The lowest BCUT2D eigenvalue weighted by atomic mass is 9.96. The fourth-order valence-corrected chi connectivity index (χ4v) is 2.41. The normalized spacial score (nSPS) is 11.5. The van der Waals surface area contributed by atoms with Crippen molar-refractivity contribution in [3.63, 3.8) is 0 Å². The van der Waals surface area contributed by atoms with E-state index in [2.05, 4.69) is 20.6 Å². The van der Waals surface area contributed by atoms with E-state index in [4.69, 9.17) is 0 Å². The molecule has 3 N–H and O–H groups in total. The fraction of sp³-hybridized carbons (Fsp3) is 0.526. The number of rotatable bonds is 8. The Morgan fingerprint density at radius 3 is 2.52 bits per heavy atom. The average Bonchev–Trinajstić information content (AvgIpc) is 2.97. The molecule has 25 heavy (non-hydrogen) atoms. The molecule has 0 aliphatic heterocycles. The first-order valence-electron chi connectivity index (χ1n) is 8.85. The lowest BCUT2D eigenvalue weighted by molar-refractivity contribution is -0.128. The number of nitrogens with one attached hydrogen (secondary N) is 3. The third-order valence-electron chi connectivity index (χ3n) is 3.90. The number of aryl methyl sites for hydroxylation is 1. The monoisotopic (exact) mass is 344 g/mol. The van der Waals surface area contributed by atoms with Crippen LogP contribution in [0.25, 0.3) is 11.0 Å². The number of amides is 2. The molecular formula is C19H28N4O2. The number of nitrogens with zero attached hydrogens (tertiary/aromatic N) is 1. The number of fused-ring (bicyclic) bond motifs is 1. The molecule has 136 valence electrons. The molecule has 1 aromatic carbocycles. The van der Waals surface area contributed by atoms with Gasteiger partial charge in [-0.25, -0.2) is 4.98 Å². The number of imidazole rings is 1. The second kappa shape index (κ2) is 8.65. The highest BCUT2D eigenvalue weighted by Gasteiger charge is 2.20. The number of hydrogen-bond donors (Lipinski definition) is 3. The first-order chi connectivity index (χ1) is 11.9. The quantitative estimate of drug-likeness (QED) is 0.643. The molecule has 0 bridgehead atoms. The molecule has 1 heterocycles. The molecule has 2 aromatic rings. The van der Waals surface area contributed by atoms with Crippen LogP contribution in [0.1, 0.15) is 45.9 Å². The Morgan fingerprint density at radius 1 is 1.08 bits per heavy atom. The second-order valence-corrected chi connectivity index (χ2v) is 7.26. The van der Waals surface area contributed by atoms with E-state index in [-0.39, 0.29) is 17.2 Å². The van der Waals surface area contributed by atoms with Gasteiger partial charge in [0.2, 0.25) is 11.8 Å². The minimum atomic E-state index is -0.390. The Labute approximate surface area is 148 Å². The maximum atomic E-state index is 11.8. The highest BCUT2D eigenvalue weighted by molar-refractivity contribution is 5.81. The van der Waals surface area contributed by atoms with Gasteiger partial charge < -0.3 is 15.6 Å². The lowest BCUT2D eigenvalue weighted by Gasteiger charge is -2.17. The molecule has 0 saturated heterocycles. The number of carbonyl (C=O) groups is 2. The molecule has 0 fully saturated rings. The van der Waals surface area contributed by atoms with Gasteiger partial charge in [-0.1, -0.05) is 32.9 Å². The maximum Gasteiger partial charge on any atom is 0.225 e. The summed E-state index contributed by atoms with van der Waals surface area (Å²) in [7, 11) is 0. The molecule has 0 saturated carbocycles. The van der Waals surface area contributed by atoms with Crippen LogP contribution in [0.15, 0.2) is 24.3 Å². The number of aromatic nitrogens is 2. The Bertz CT molecular complexity index is 683. The van der Waals surface area contributed by atoms with Crippen LogP contribution >= 0.6 is 0 Å². The smallest absolute Gasteiger partial charge is 0.225 e. The predicted octanol–water partition coefficient (Wildman–Crippen LogP) is 2.55. The summed E-state index contributed by atoms with van der Waals surface area (Å²) in [6.45, 7) is 6.78. The number of benzene rings is 1. The van der Waals surface area contributed by atoms with E-state index in [0.717, 1.165) is 29.7 Å². The van der Waals surface area contributed by atoms with Crippen molar-refractivity contribution in [2.45, 2.75) is 46.5 Å². The van der Waals surface area contributed by atoms with Crippen molar-refractivity contribution in [2.75, 3.05) is 13.1 Å². The molecule has 0 radical (unpaired) electrons. The summed E-state index contributed by atoms with van der Waals surface area (Å²) < 4.78 is 0. The van der Waals surface area contributed by atoms with Gasteiger partial charge in [0, 0.05) is 31.3 Å². The van der Waals surface area contributed by atoms with Gasteiger partial charge in [0.25, 0.3) is 0 Å². The molecule has 6 nitrogen and oxygen atoms in total. The summed E-state index contributed by atoms with van der Waals surface area (Å²) >= 11 is 0. The van der Waals surface area contributed by atoms with Gasteiger partial charge in [-0.05, 0) is 25.0 Å². The van der Waals surface area contributed by atoms with Crippen molar-refractivity contribution in [2.24, 2.45) is 5.41 Å². The molecule has 0 spiro atoms. The van der Waals surface area contributed by atoms with Gasteiger partial charge in [0.1, 0.15) is 5.82 Å². The van der Waals surface area contributed by atoms with E-state index >= 15 is 0 Å². The van der Waals surface area contributed by atoms with E-state index in [1.165, 1.54) is 0 Å². The molecule has 6 heteroatoms. The standard InChI is InChI=1S/C19H28N4O2/c1-19(2,3)18(25)21-13-7-11-17(24)20-12-6-10-16-22-14-8-4-5-9-15(14)23-16/h4-5,8-9H,6-7,10-13H2,1-3H3,(H,20,24)(H,21,25)(H,22,23). The predicted molar refractivity (Wildman–Crippen MR) is 99.1 cm³/mol. The summed E-state index contributed by atoms with van der Waals surface area (Å²) in [5, 5.41) is 5.76. The Balaban J connectivity index is 1.57. The summed E-state index contributed by atoms with van der Waals surface area (Å²) in [6, 6.07) is 7.94. The molecular weight excluding hydrogens is 316 g/mol.